The van der Waals surface area contributed by atoms with Gasteiger partial charge in [-0.3, -0.25) is 4.79 Å². The summed E-state index contributed by atoms with van der Waals surface area (Å²) in [5.74, 6) is -0.695. The van der Waals surface area contributed by atoms with E-state index in [0.29, 0.717) is 26.2 Å². The lowest BCUT2D eigenvalue weighted by atomic mass is 10.4. The molecular weight excluding hydrogens is 254 g/mol. The fourth-order valence-electron chi connectivity index (χ4n) is 2.05. The Labute approximate surface area is 109 Å². The van der Waals surface area contributed by atoms with Gasteiger partial charge in [0.25, 0.3) is 0 Å². The first-order chi connectivity index (χ1) is 8.51. The van der Waals surface area contributed by atoms with Crippen LogP contribution < -0.4 is 5.32 Å². The molecule has 1 N–H and O–H groups in total. The van der Waals surface area contributed by atoms with Crippen molar-refractivity contribution >= 4 is 15.9 Å². The fourth-order valence-corrected chi connectivity index (χ4v) is 3.51. The average molecular weight is 277 g/mol. The summed E-state index contributed by atoms with van der Waals surface area (Å²) in [6.45, 7) is 7.22. The van der Waals surface area contributed by atoms with Crippen LogP contribution in [0.25, 0.3) is 0 Å². The van der Waals surface area contributed by atoms with Crippen LogP contribution in [-0.2, 0) is 14.8 Å². The number of hydrogen-bond acceptors (Lipinski definition) is 4. The van der Waals surface area contributed by atoms with Crippen molar-refractivity contribution in [2.75, 3.05) is 45.0 Å². The summed E-state index contributed by atoms with van der Waals surface area (Å²) in [6, 6.07) is 0. The van der Waals surface area contributed by atoms with Crippen LogP contribution in [0.1, 0.15) is 20.3 Å². The SMILES string of the molecule is CCN(CC)S(=O)(=O)CC(=O)N1CCCNCC1. The minimum absolute atomic E-state index is 0.286. The standard InChI is InChI=1S/C11H23N3O3S/c1-3-14(4-2)18(16,17)10-11(15)13-8-5-6-12-7-9-13/h12H,3-10H2,1-2H3. The summed E-state index contributed by atoms with van der Waals surface area (Å²) in [5, 5.41) is 3.19. The summed E-state index contributed by atoms with van der Waals surface area (Å²) < 4.78 is 25.3. The van der Waals surface area contributed by atoms with Gasteiger partial charge in [-0.15, -0.1) is 0 Å². The Bertz CT molecular complexity index is 358. The molecule has 0 spiro atoms. The Kier molecular flexibility index (Phi) is 6.04. The van der Waals surface area contributed by atoms with E-state index in [2.05, 4.69) is 5.32 Å². The second kappa shape index (κ2) is 7.06. The van der Waals surface area contributed by atoms with Gasteiger partial charge in [0, 0.05) is 32.7 Å². The van der Waals surface area contributed by atoms with E-state index >= 15 is 0 Å². The Morgan fingerprint density at radius 3 is 2.50 bits per heavy atom. The molecule has 1 aliphatic heterocycles. The lowest BCUT2D eigenvalue weighted by molar-refractivity contribution is -0.128. The van der Waals surface area contributed by atoms with Crippen molar-refractivity contribution in [1.82, 2.24) is 14.5 Å². The van der Waals surface area contributed by atoms with E-state index in [1.807, 2.05) is 0 Å². The number of nitrogens with zero attached hydrogens (tertiary/aromatic N) is 2. The quantitative estimate of drug-likeness (QED) is 0.734. The molecule has 0 aliphatic carbocycles. The molecule has 0 aromatic heterocycles. The lowest BCUT2D eigenvalue weighted by Crippen LogP contribution is -2.42. The highest BCUT2D eigenvalue weighted by atomic mass is 32.2. The molecule has 18 heavy (non-hydrogen) atoms. The first kappa shape index (κ1) is 15.4. The first-order valence-electron chi connectivity index (χ1n) is 6.47. The van der Waals surface area contributed by atoms with Crippen molar-refractivity contribution in [3.05, 3.63) is 0 Å². The molecule has 7 heteroatoms. The Morgan fingerprint density at radius 1 is 1.22 bits per heavy atom. The fraction of sp³-hybridized carbons (Fsp3) is 0.909. The molecule has 0 aromatic carbocycles. The molecule has 0 saturated carbocycles. The monoisotopic (exact) mass is 277 g/mol. The molecule has 0 aromatic rings. The number of hydrogen-bond donors (Lipinski definition) is 1. The predicted octanol–water partition coefficient (Wildman–Crippen LogP) is -0.520. The van der Waals surface area contributed by atoms with Gasteiger partial charge in [-0.25, -0.2) is 12.7 Å². The van der Waals surface area contributed by atoms with Crippen LogP contribution in [0.3, 0.4) is 0 Å². The first-order valence-corrected chi connectivity index (χ1v) is 8.08. The largest absolute Gasteiger partial charge is 0.340 e. The second-order valence-electron chi connectivity index (χ2n) is 4.32. The molecule has 1 rings (SSSR count). The lowest BCUT2D eigenvalue weighted by Gasteiger charge is -2.23. The summed E-state index contributed by atoms with van der Waals surface area (Å²) in [7, 11) is -3.46. The Hall–Kier alpha value is -0.660. The van der Waals surface area contributed by atoms with Gasteiger partial charge in [-0.05, 0) is 13.0 Å². The van der Waals surface area contributed by atoms with E-state index in [-0.39, 0.29) is 5.91 Å². The smallest absolute Gasteiger partial charge is 0.239 e. The minimum atomic E-state index is -3.46. The van der Waals surface area contributed by atoms with Crippen LogP contribution in [0.2, 0.25) is 0 Å². The molecule has 0 bridgehead atoms. The Morgan fingerprint density at radius 2 is 1.89 bits per heavy atom. The molecule has 1 fully saturated rings. The third-order valence-corrected chi connectivity index (χ3v) is 5.01. The van der Waals surface area contributed by atoms with Gasteiger partial charge in [0.15, 0.2) is 0 Å². The van der Waals surface area contributed by atoms with Gasteiger partial charge >= 0.3 is 0 Å². The average Bonchev–Trinajstić information content (AvgIpc) is 2.57. The van der Waals surface area contributed by atoms with Crippen LogP contribution in [0, 0.1) is 0 Å². The van der Waals surface area contributed by atoms with E-state index in [1.165, 1.54) is 4.31 Å². The highest BCUT2D eigenvalue weighted by molar-refractivity contribution is 7.89. The molecule has 1 amide bonds. The highest BCUT2D eigenvalue weighted by Gasteiger charge is 2.26. The van der Waals surface area contributed by atoms with Crippen molar-refractivity contribution in [2.45, 2.75) is 20.3 Å². The normalized spacial score (nSPS) is 17.8. The molecule has 0 atom stereocenters. The van der Waals surface area contributed by atoms with Gasteiger partial charge in [-0.1, -0.05) is 13.8 Å². The maximum Gasteiger partial charge on any atom is 0.239 e. The Balaban J connectivity index is 2.62. The van der Waals surface area contributed by atoms with Gasteiger partial charge in [-0.2, -0.15) is 0 Å². The summed E-state index contributed by atoms with van der Waals surface area (Å²) in [5.41, 5.74) is 0. The molecular formula is C11H23N3O3S. The van der Waals surface area contributed by atoms with Crippen LogP contribution in [0.5, 0.6) is 0 Å². The van der Waals surface area contributed by atoms with E-state index in [0.717, 1.165) is 19.5 Å². The number of carbonyl (C=O) groups excluding carboxylic acids is 1. The minimum Gasteiger partial charge on any atom is -0.340 e. The van der Waals surface area contributed by atoms with Crippen LogP contribution in [0.4, 0.5) is 0 Å². The molecule has 6 nitrogen and oxygen atoms in total. The molecule has 0 unspecified atom stereocenters. The zero-order valence-corrected chi connectivity index (χ0v) is 12.0. The predicted molar refractivity (Wildman–Crippen MR) is 70.8 cm³/mol. The van der Waals surface area contributed by atoms with Gasteiger partial charge in [0.1, 0.15) is 5.75 Å². The van der Waals surface area contributed by atoms with Crippen molar-refractivity contribution in [2.24, 2.45) is 0 Å². The van der Waals surface area contributed by atoms with Crippen LogP contribution in [0.15, 0.2) is 0 Å². The summed E-state index contributed by atoms with van der Waals surface area (Å²) in [6.07, 6.45) is 0.872. The second-order valence-corrected chi connectivity index (χ2v) is 6.29. The number of nitrogens with one attached hydrogen (secondary N) is 1. The zero-order chi connectivity index (χ0) is 13.6. The number of sulfonamides is 1. The number of amides is 1. The summed E-state index contributed by atoms with van der Waals surface area (Å²) >= 11 is 0. The van der Waals surface area contributed by atoms with Crippen molar-refractivity contribution in [3.8, 4) is 0 Å². The third-order valence-electron chi connectivity index (χ3n) is 3.10. The molecule has 1 saturated heterocycles. The van der Waals surface area contributed by atoms with Gasteiger partial charge < -0.3 is 10.2 Å². The molecule has 0 radical (unpaired) electrons. The maximum absolute atomic E-state index is 12.0. The van der Waals surface area contributed by atoms with Crippen LogP contribution in [-0.4, -0.2) is 68.6 Å². The topological polar surface area (TPSA) is 69.7 Å². The number of rotatable bonds is 5. The maximum atomic E-state index is 12.0. The number of carbonyl (C=O) groups is 1. The molecule has 106 valence electrons. The highest BCUT2D eigenvalue weighted by Crippen LogP contribution is 2.04. The van der Waals surface area contributed by atoms with E-state index in [1.54, 1.807) is 18.7 Å². The van der Waals surface area contributed by atoms with E-state index in [4.69, 9.17) is 0 Å². The molecule has 1 aliphatic rings. The van der Waals surface area contributed by atoms with Crippen LogP contribution >= 0.6 is 0 Å². The summed E-state index contributed by atoms with van der Waals surface area (Å²) in [4.78, 5) is 13.6. The van der Waals surface area contributed by atoms with Crippen molar-refractivity contribution in [1.29, 1.82) is 0 Å². The van der Waals surface area contributed by atoms with E-state index in [9.17, 15) is 13.2 Å². The van der Waals surface area contributed by atoms with E-state index < -0.39 is 15.8 Å². The van der Waals surface area contributed by atoms with Crippen molar-refractivity contribution < 1.29 is 13.2 Å². The van der Waals surface area contributed by atoms with Crippen molar-refractivity contribution in [3.63, 3.8) is 0 Å². The van der Waals surface area contributed by atoms with Gasteiger partial charge in [0.05, 0.1) is 0 Å². The van der Waals surface area contributed by atoms with Gasteiger partial charge in [0.2, 0.25) is 15.9 Å². The third kappa shape index (κ3) is 4.22. The zero-order valence-electron chi connectivity index (χ0n) is 11.2. The molecule has 1 heterocycles.